The standard InChI is InChI=1S/C26H28N2O2/c1-20(29)24(27-2)18-19-25(30)28-26(21-12-6-3-7-13-21,22-14-8-4-9-15-22)23-16-10-5-11-17-23/h3-17,24,27H,18-19H2,1-2H3,(H,28,30). The van der Waals surface area contributed by atoms with E-state index in [-0.39, 0.29) is 24.2 Å². The minimum Gasteiger partial charge on any atom is -0.338 e. The second-order valence-corrected chi connectivity index (χ2v) is 7.39. The lowest BCUT2D eigenvalue weighted by Crippen LogP contribution is -2.48. The lowest BCUT2D eigenvalue weighted by Gasteiger charge is -2.37. The summed E-state index contributed by atoms with van der Waals surface area (Å²) in [5, 5.41) is 6.30. The smallest absolute Gasteiger partial charge is 0.221 e. The van der Waals surface area contributed by atoms with Crippen LogP contribution < -0.4 is 10.6 Å². The molecule has 0 fully saturated rings. The topological polar surface area (TPSA) is 58.2 Å². The van der Waals surface area contributed by atoms with Crippen LogP contribution in [0.3, 0.4) is 0 Å². The van der Waals surface area contributed by atoms with Crippen molar-refractivity contribution >= 4 is 11.7 Å². The summed E-state index contributed by atoms with van der Waals surface area (Å²) >= 11 is 0. The van der Waals surface area contributed by atoms with Crippen LogP contribution in [0.15, 0.2) is 91.0 Å². The molecule has 4 heteroatoms. The normalized spacial score (nSPS) is 12.2. The van der Waals surface area contributed by atoms with Crippen LogP contribution in [0.5, 0.6) is 0 Å². The molecule has 0 bridgehead atoms. The first-order valence-electron chi connectivity index (χ1n) is 10.2. The first kappa shape index (κ1) is 21.5. The second kappa shape index (κ2) is 9.99. The third-order valence-electron chi connectivity index (χ3n) is 5.45. The van der Waals surface area contributed by atoms with Gasteiger partial charge in [-0.25, -0.2) is 0 Å². The summed E-state index contributed by atoms with van der Waals surface area (Å²) in [4.78, 5) is 24.9. The summed E-state index contributed by atoms with van der Waals surface area (Å²) < 4.78 is 0. The van der Waals surface area contributed by atoms with Crippen LogP contribution in [0.2, 0.25) is 0 Å². The van der Waals surface area contributed by atoms with Gasteiger partial charge in [0.25, 0.3) is 0 Å². The summed E-state index contributed by atoms with van der Waals surface area (Å²) in [6.07, 6.45) is 0.700. The molecule has 3 rings (SSSR count). The maximum absolute atomic E-state index is 13.2. The van der Waals surface area contributed by atoms with Crippen molar-refractivity contribution in [2.24, 2.45) is 0 Å². The highest BCUT2D eigenvalue weighted by atomic mass is 16.2. The molecule has 2 N–H and O–H groups in total. The van der Waals surface area contributed by atoms with Gasteiger partial charge < -0.3 is 10.6 Å². The number of carbonyl (C=O) groups is 2. The molecule has 0 aliphatic rings. The molecule has 1 amide bonds. The van der Waals surface area contributed by atoms with Crippen molar-refractivity contribution < 1.29 is 9.59 Å². The van der Waals surface area contributed by atoms with E-state index < -0.39 is 5.54 Å². The predicted octanol–water partition coefficient (Wildman–Crippen LogP) is 4.05. The predicted molar refractivity (Wildman–Crippen MR) is 120 cm³/mol. The first-order valence-corrected chi connectivity index (χ1v) is 10.2. The molecule has 3 aromatic carbocycles. The van der Waals surface area contributed by atoms with E-state index >= 15 is 0 Å². The number of hydrogen-bond acceptors (Lipinski definition) is 3. The summed E-state index contributed by atoms with van der Waals surface area (Å²) in [5.41, 5.74) is 2.11. The zero-order valence-corrected chi connectivity index (χ0v) is 17.5. The van der Waals surface area contributed by atoms with Gasteiger partial charge in [-0.05, 0) is 37.1 Å². The molecular weight excluding hydrogens is 372 g/mol. The molecular formula is C26H28N2O2. The lowest BCUT2D eigenvalue weighted by atomic mass is 9.77. The van der Waals surface area contributed by atoms with Gasteiger partial charge in [-0.1, -0.05) is 91.0 Å². The molecule has 4 nitrogen and oxygen atoms in total. The van der Waals surface area contributed by atoms with E-state index in [0.717, 1.165) is 16.7 Å². The van der Waals surface area contributed by atoms with Gasteiger partial charge >= 0.3 is 0 Å². The van der Waals surface area contributed by atoms with E-state index in [1.165, 1.54) is 0 Å². The Balaban J connectivity index is 2.05. The van der Waals surface area contributed by atoms with Crippen LogP contribution in [0.25, 0.3) is 0 Å². The van der Waals surface area contributed by atoms with E-state index in [2.05, 4.69) is 10.6 Å². The number of ketones is 1. The maximum atomic E-state index is 13.2. The molecule has 1 atom stereocenters. The van der Waals surface area contributed by atoms with Gasteiger partial charge in [0.05, 0.1) is 6.04 Å². The Morgan fingerprint density at radius 2 is 1.17 bits per heavy atom. The van der Waals surface area contributed by atoms with E-state index in [0.29, 0.717) is 6.42 Å². The first-order chi connectivity index (χ1) is 14.6. The Hall–Kier alpha value is -3.24. The van der Waals surface area contributed by atoms with Gasteiger partial charge in [0, 0.05) is 6.42 Å². The third kappa shape index (κ3) is 4.66. The summed E-state index contributed by atoms with van der Waals surface area (Å²) in [7, 11) is 1.74. The van der Waals surface area contributed by atoms with Crippen molar-refractivity contribution in [1.82, 2.24) is 10.6 Å². The van der Waals surface area contributed by atoms with Crippen molar-refractivity contribution in [1.29, 1.82) is 0 Å². The number of carbonyl (C=O) groups excluding carboxylic acids is 2. The van der Waals surface area contributed by atoms with Crippen LogP contribution in [0.4, 0.5) is 0 Å². The highest BCUT2D eigenvalue weighted by Gasteiger charge is 2.37. The molecule has 3 aromatic rings. The average molecular weight is 401 g/mol. The van der Waals surface area contributed by atoms with Crippen molar-refractivity contribution in [2.45, 2.75) is 31.3 Å². The zero-order valence-electron chi connectivity index (χ0n) is 17.5. The molecule has 0 aromatic heterocycles. The van der Waals surface area contributed by atoms with Gasteiger partial charge in [-0.15, -0.1) is 0 Å². The third-order valence-corrected chi connectivity index (χ3v) is 5.45. The fourth-order valence-corrected chi connectivity index (χ4v) is 3.88. The fourth-order valence-electron chi connectivity index (χ4n) is 3.88. The van der Waals surface area contributed by atoms with Crippen molar-refractivity contribution in [2.75, 3.05) is 7.05 Å². The van der Waals surface area contributed by atoms with Crippen molar-refractivity contribution in [3.05, 3.63) is 108 Å². The lowest BCUT2D eigenvalue weighted by molar-refractivity contribution is -0.123. The highest BCUT2D eigenvalue weighted by Crippen LogP contribution is 2.36. The molecule has 1 unspecified atom stereocenters. The van der Waals surface area contributed by atoms with E-state index in [1.807, 2.05) is 91.0 Å². The van der Waals surface area contributed by atoms with Crippen LogP contribution in [0.1, 0.15) is 36.5 Å². The van der Waals surface area contributed by atoms with Gasteiger partial charge in [0.2, 0.25) is 5.91 Å². The van der Waals surface area contributed by atoms with E-state index in [9.17, 15) is 9.59 Å². The van der Waals surface area contributed by atoms with Gasteiger partial charge in [-0.2, -0.15) is 0 Å². The van der Waals surface area contributed by atoms with Crippen LogP contribution in [-0.2, 0) is 15.1 Å². The average Bonchev–Trinajstić information content (AvgIpc) is 2.79. The van der Waals surface area contributed by atoms with E-state index in [1.54, 1.807) is 14.0 Å². The molecule has 0 spiro atoms. The molecule has 154 valence electrons. The number of nitrogens with one attached hydrogen (secondary N) is 2. The van der Waals surface area contributed by atoms with Gasteiger partial charge in [-0.3, -0.25) is 9.59 Å². The minimum absolute atomic E-state index is 0.0331. The maximum Gasteiger partial charge on any atom is 0.221 e. The van der Waals surface area contributed by atoms with E-state index in [4.69, 9.17) is 0 Å². The Morgan fingerprint density at radius 1 is 0.767 bits per heavy atom. The minimum atomic E-state index is -0.827. The van der Waals surface area contributed by atoms with Crippen LogP contribution >= 0.6 is 0 Å². The van der Waals surface area contributed by atoms with Crippen LogP contribution in [-0.4, -0.2) is 24.8 Å². The SMILES string of the molecule is CNC(CCC(=O)NC(c1ccccc1)(c1ccccc1)c1ccccc1)C(C)=O. The molecule has 0 saturated heterocycles. The largest absolute Gasteiger partial charge is 0.338 e. The highest BCUT2D eigenvalue weighted by molar-refractivity contribution is 5.83. The number of likely N-dealkylation sites (N-methyl/N-ethyl adjacent to an activating group) is 1. The Morgan fingerprint density at radius 3 is 1.50 bits per heavy atom. The Labute approximate surface area is 178 Å². The van der Waals surface area contributed by atoms with Gasteiger partial charge in [0.1, 0.15) is 11.3 Å². The molecule has 0 heterocycles. The summed E-state index contributed by atoms with van der Waals surface area (Å²) in [5.74, 6) is -0.0706. The Kier molecular flexibility index (Phi) is 7.15. The quantitative estimate of drug-likeness (QED) is 0.533. The van der Waals surface area contributed by atoms with Gasteiger partial charge in [0.15, 0.2) is 0 Å². The molecule has 0 aliphatic heterocycles. The molecule has 0 radical (unpaired) electrons. The monoisotopic (exact) mass is 400 g/mol. The Bertz CT molecular complexity index is 859. The number of rotatable bonds is 9. The fraction of sp³-hybridized carbons (Fsp3) is 0.231. The number of benzene rings is 3. The molecule has 30 heavy (non-hydrogen) atoms. The number of Topliss-reactive ketones (excluding diaryl/α,β-unsaturated/α-hetero) is 1. The summed E-state index contributed by atoms with van der Waals surface area (Å²) in [6, 6.07) is 29.7. The van der Waals surface area contributed by atoms with Crippen LogP contribution in [0, 0.1) is 0 Å². The molecule has 0 aliphatic carbocycles. The second-order valence-electron chi connectivity index (χ2n) is 7.39. The van der Waals surface area contributed by atoms with Crippen molar-refractivity contribution in [3.63, 3.8) is 0 Å². The number of amides is 1. The summed E-state index contributed by atoms with van der Waals surface area (Å²) in [6.45, 7) is 1.54. The zero-order chi connectivity index (χ0) is 21.4. The van der Waals surface area contributed by atoms with Crippen molar-refractivity contribution in [3.8, 4) is 0 Å². The molecule has 0 saturated carbocycles. The number of hydrogen-bond donors (Lipinski definition) is 2.